The topological polar surface area (TPSA) is 44.3 Å². The number of hydrogen-bond acceptors (Lipinski definition) is 3. The van der Waals surface area contributed by atoms with E-state index in [1.807, 2.05) is 0 Å². The Morgan fingerprint density at radius 3 is 2.57 bits per heavy atom. The molecule has 1 aliphatic carbocycles. The molecule has 2 rings (SSSR count). The van der Waals surface area contributed by atoms with Crippen LogP contribution in [0.4, 0.5) is 0 Å². The normalized spacial score (nSPS) is 38.8. The lowest BCUT2D eigenvalue weighted by atomic mass is 9.93. The SMILES string of the molecule is O[C@H]1CC[C@H](NC[C@@H]2CCNC2)CC1. The van der Waals surface area contributed by atoms with Gasteiger partial charge in [-0.25, -0.2) is 0 Å². The van der Waals surface area contributed by atoms with Crippen molar-refractivity contribution in [1.29, 1.82) is 0 Å². The molecule has 0 radical (unpaired) electrons. The van der Waals surface area contributed by atoms with Crippen molar-refractivity contribution in [1.82, 2.24) is 10.6 Å². The lowest BCUT2D eigenvalue weighted by Gasteiger charge is -2.27. The standard InChI is InChI=1S/C11H22N2O/c14-11-3-1-10(2-4-11)13-8-9-5-6-12-7-9/h9-14H,1-8H2/t9-,10-,11-/m1/s1. The van der Waals surface area contributed by atoms with Crippen LogP contribution in [0.5, 0.6) is 0 Å². The van der Waals surface area contributed by atoms with Gasteiger partial charge in [0.25, 0.3) is 0 Å². The monoisotopic (exact) mass is 198 g/mol. The van der Waals surface area contributed by atoms with Gasteiger partial charge < -0.3 is 15.7 Å². The van der Waals surface area contributed by atoms with E-state index in [1.165, 1.54) is 19.5 Å². The molecule has 1 saturated carbocycles. The number of aliphatic hydroxyl groups is 1. The lowest BCUT2D eigenvalue weighted by molar-refractivity contribution is 0.116. The quantitative estimate of drug-likeness (QED) is 0.618. The van der Waals surface area contributed by atoms with Crippen LogP contribution in [0.25, 0.3) is 0 Å². The fourth-order valence-corrected chi connectivity index (χ4v) is 2.50. The maximum absolute atomic E-state index is 9.37. The molecule has 0 bridgehead atoms. The van der Waals surface area contributed by atoms with Gasteiger partial charge in [0, 0.05) is 6.04 Å². The Labute approximate surface area is 86.3 Å². The zero-order valence-electron chi connectivity index (χ0n) is 8.84. The molecule has 3 N–H and O–H groups in total. The summed E-state index contributed by atoms with van der Waals surface area (Å²) in [6, 6.07) is 0.666. The Morgan fingerprint density at radius 1 is 1.14 bits per heavy atom. The van der Waals surface area contributed by atoms with Crippen molar-refractivity contribution in [2.75, 3.05) is 19.6 Å². The molecular formula is C11H22N2O. The highest BCUT2D eigenvalue weighted by atomic mass is 16.3. The van der Waals surface area contributed by atoms with Crippen LogP contribution < -0.4 is 10.6 Å². The molecule has 3 nitrogen and oxygen atoms in total. The summed E-state index contributed by atoms with van der Waals surface area (Å²) in [6.45, 7) is 3.53. The van der Waals surface area contributed by atoms with E-state index in [-0.39, 0.29) is 6.10 Å². The fourth-order valence-electron chi connectivity index (χ4n) is 2.50. The minimum atomic E-state index is -0.0267. The number of aliphatic hydroxyl groups excluding tert-OH is 1. The van der Waals surface area contributed by atoms with Crippen LogP contribution in [0.2, 0.25) is 0 Å². The van der Waals surface area contributed by atoms with E-state index in [9.17, 15) is 5.11 Å². The second-order valence-electron chi connectivity index (χ2n) is 4.77. The van der Waals surface area contributed by atoms with Crippen LogP contribution in [-0.2, 0) is 0 Å². The first kappa shape index (κ1) is 10.4. The number of hydrogen-bond donors (Lipinski definition) is 3. The van der Waals surface area contributed by atoms with E-state index >= 15 is 0 Å². The lowest BCUT2D eigenvalue weighted by Crippen LogP contribution is -2.37. The van der Waals surface area contributed by atoms with Crippen LogP contribution in [0.3, 0.4) is 0 Å². The van der Waals surface area contributed by atoms with E-state index in [0.717, 1.165) is 38.1 Å². The molecule has 0 aromatic heterocycles. The number of rotatable bonds is 3. The van der Waals surface area contributed by atoms with Crippen LogP contribution in [0.15, 0.2) is 0 Å². The molecular weight excluding hydrogens is 176 g/mol. The molecule has 1 heterocycles. The van der Waals surface area contributed by atoms with Crippen molar-refractivity contribution >= 4 is 0 Å². The zero-order chi connectivity index (χ0) is 9.80. The van der Waals surface area contributed by atoms with Gasteiger partial charge in [0.15, 0.2) is 0 Å². The highest BCUT2D eigenvalue weighted by molar-refractivity contribution is 4.79. The zero-order valence-corrected chi connectivity index (χ0v) is 8.84. The van der Waals surface area contributed by atoms with Gasteiger partial charge in [0.2, 0.25) is 0 Å². The van der Waals surface area contributed by atoms with Crippen LogP contribution in [0, 0.1) is 5.92 Å². The average Bonchev–Trinajstić information content (AvgIpc) is 2.70. The molecule has 2 fully saturated rings. The van der Waals surface area contributed by atoms with Crippen LogP contribution >= 0.6 is 0 Å². The van der Waals surface area contributed by atoms with E-state index in [0.29, 0.717) is 6.04 Å². The molecule has 2 aliphatic rings. The molecule has 1 aliphatic heterocycles. The maximum Gasteiger partial charge on any atom is 0.0541 e. The van der Waals surface area contributed by atoms with Crippen molar-refractivity contribution in [3.63, 3.8) is 0 Å². The summed E-state index contributed by atoms with van der Waals surface area (Å²) >= 11 is 0. The van der Waals surface area contributed by atoms with E-state index in [1.54, 1.807) is 0 Å². The Bertz CT molecular complexity index is 161. The fraction of sp³-hybridized carbons (Fsp3) is 1.00. The predicted octanol–water partition coefficient (Wildman–Crippen LogP) is 0.489. The molecule has 0 aromatic carbocycles. The minimum absolute atomic E-state index is 0.0267. The summed E-state index contributed by atoms with van der Waals surface area (Å²) in [7, 11) is 0. The summed E-state index contributed by atoms with van der Waals surface area (Å²) in [6.07, 6.45) is 5.58. The van der Waals surface area contributed by atoms with Crippen LogP contribution in [0.1, 0.15) is 32.1 Å². The Hall–Kier alpha value is -0.120. The van der Waals surface area contributed by atoms with Gasteiger partial charge in [-0.3, -0.25) is 0 Å². The van der Waals surface area contributed by atoms with Gasteiger partial charge in [-0.2, -0.15) is 0 Å². The first-order valence-electron chi connectivity index (χ1n) is 5.97. The second-order valence-corrected chi connectivity index (χ2v) is 4.77. The maximum atomic E-state index is 9.37. The first-order chi connectivity index (χ1) is 6.84. The molecule has 1 atom stereocenters. The van der Waals surface area contributed by atoms with Crippen molar-refractivity contribution < 1.29 is 5.11 Å². The van der Waals surface area contributed by atoms with Crippen molar-refractivity contribution in [3.8, 4) is 0 Å². The third-order valence-electron chi connectivity index (χ3n) is 3.55. The Morgan fingerprint density at radius 2 is 1.93 bits per heavy atom. The van der Waals surface area contributed by atoms with Crippen LogP contribution in [-0.4, -0.2) is 36.9 Å². The predicted molar refractivity (Wildman–Crippen MR) is 57.2 cm³/mol. The van der Waals surface area contributed by atoms with Gasteiger partial charge >= 0.3 is 0 Å². The highest BCUT2D eigenvalue weighted by Gasteiger charge is 2.20. The van der Waals surface area contributed by atoms with Crippen molar-refractivity contribution in [2.24, 2.45) is 5.92 Å². The molecule has 0 spiro atoms. The molecule has 1 saturated heterocycles. The molecule has 0 amide bonds. The van der Waals surface area contributed by atoms with Crippen molar-refractivity contribution in [3.05, 3.63) is 0 Å². The summed E-state index contributed by atoms with van der Waals surface area (Å²) < 4.78 is 0. The molecule has 0 aromatic rings. The molecule has 0 unspecified atom stereocenters. The van der Waals surface area contributed by atoms with Gasteiger partial charge in [-0.15, -0.1) is 0 Å². The average molecular weight is 198 g/mol. The van der Waals surface area contributed by atoms with Gasteiger partial charge in [0.05, 0.1) is 6.10 Å². The second kappa shape index (κ2) is 5.10. The summed E-state index contributed by atoms with van der Waals surface area (Å²) in [5, 5.41) is 16.4. The molecule has 3 heteroatoms. The Kier molecular flexibility index (Phi) is 3.79. The van der Waals surface area contributed by atoms with Gasteiger partial charge in [0.1, 0.15) is 0 Å². The third-order valence-corrected chi connectivity index (χ3v) is 3.55. The van der Waals surface area contributed by atoms with E-state index in [2.05, 4.69) is 10.6 Å². The molecule has 82 valence electrons. The van der Waals surface area contributed by atoms with Crippen molar-refractivity contribution in [2.45, 2.75) is 44.2 Å². The molecule has 14 heavy (non-hydrogen) atoms. The van der Waals surface area contributed by atoms with Gasteiger partial charge in [-0.1, -0.05) is 0 Å². The first-order valence-corrected chi connectivity index (χ1v) is 5.97. The van der Waals surface area contributed by atoms with Gasteiger partial charge in [-0.05, 0) is 57.7 Å². The minimum Gasteiger partial charge on any atom is -0.393 e. The summed E-state index contributed by atoms with van der Waals surface area (Å²) in [5.41, 5.74) is 0. The summed E-state index contributed by atoms with van der Waals surface area (Å²) in [5.74, 6) is 0.835. The number of nitrogens with one attached hydrogen (secondary N) is 2. The van der Waals surface area contributed by atoms with E-state index < -0.39 is 0 Å². The Balaban J connectivity index is 1.60. The third kappa shape index (κ3) is 2.94. The highest BCUT2D eigenvalue weighted by Crippen LogP contribution is 2.18. The summed E-state index contributed by atoms with van der Waals surface area (Å²) in [4.78, 5) is 0. The largest absolute Gasteiger partial charge is 0.393 e. The smallest absolute Gasteiger partial charge is 0.0541 e. The van der Waals surface area contributed by atoms with E-state index in [4.69, 9.17) is 0 Å².